The Balaban J connectivity index is 1.62. The molecule has 146 valence electrons. The maximum atomic E-state index is 12.3. The van der Waals surface area contributed by atoms with Crippen LogP contribution in [0.25, 0.3) is 22.0 Å². The van der Waals surface area contributed by atoms with Gasteiger partial charge in [0, 0.05) is 17.5 Å². The number of aromatic nitrogens is 2. The summed E-state index contributed by atoms with van der Waals surface area (Å²) in [4.78, 5) is 17.0. The SMILES string of the molecule is COc1ccc2c(-c3ccccc3)cc(SCC(=O)Nc3cc(C)on3)nc2c1. The molecule has 7 heteroatoms. The molecule has 0 aliphatic rings. The minimum absolute atomic E-state index is 0.169. The number of carbonyl (C=O) groups excluding carboxylic acids is 1. The highest BCUT2D eigenvalue weighted by atomic mass is 32.2. The first-order valence-corrected chi connectivity index (χ1v) is 10.0. The number of carbonyl (C=O) groups is 1. The zero-order valence-electron chi connectivity index (χ0n) is 16.0. The number of hydrogen-bond acceptors (Lipinski definition) is 6. The molecule has 29 heavy (non-hydrogen) atoms. The van der Waals surface area contributed by atoms with E-state index in [0.717, 1.165) is 32.8 Å². The van der Waals surface area contributed by atoms with Crippen LogP contribution in [-0.4, -0.2) is 28.9 Å². The van der Waals surface area contributed by atoms with Crippen molar-refractivity contribution < 1.29 is 14.1 Å². The number of thioether (sulfide) groups is 1. The standard InChI is InChI=1S/C22H19N3O3S/c1-14-10-20(25-28-14)24-21(26)13-29-22-12-18(15-6-4-3-5-7-15)17-9-8-16(27-2)11-19(17)23-22/h3-12H,13H2,1-2H3,(H,24,25,26). The number of ether oxygens (including phenoxy) is 1. The lowest BCUT2D eigenvalue weighted by atomic mass is 10.0. The molecular weight excluding hydrogens is 386 g/mol. The van der Waals surface area contributed by atoms with Crippen molar-refractivity contribution in [2.45, 2.75) is 11.9 Å². The number of hydrogen-bond donors (Lipinski definition) is 1. The van der Waals surface area contributed by atoms with Crippen LogP contribution < -0.4 is 10.1 Å². The van der Waals surface area contributed by atoms with Gasteiger partial charge in [0.1, 0.15) is 11.5 Å². The first-order valence-electron chi connectivity index (χ1n) is 9.02. The molecular formula is C22H19N3O3S. The first-order chi connectivity index (χ1) is 14.1. The Bertz CT molecular complexity index is 1160. The summed E-state index contributed by atoms with van der Waals surface area (Å²) in [5.74, 6) is 1.84. The molecule has 2 aromatic carbocycles. The van der Waals surface area contributed by atoms with E-state index in [0.29, 0.717) is 11.6 Å². The minimum Gasteiger partial charge on any atom is -0.497 e. The normalized spacial score (nSPS) is 10.8. The van der Waals surface area contributed by atoms with Crippen LogP contribution >= 0.6 is 11.8 Å². The fraction of sp³-hybridized carbons (Fsp3) is 0.136. The van der Waals surface area contributed by atoms with Crippen LogP contribution in [0.4, 0.5) is 5.82 Å². The number of rotatable bonds is 6. The van der Waals surface area contributed by atoms with Crippen molar-refractivity contribution in [3.63, 3.8) is 0 Å². The molecule has 0 saturated carbocycles. The van der Waals surface area contributed by atoms with Crippen molar-refractivity contribution in [2.75, 3.05) is 18.2 Å². The van der Waals surface area contributed by atoms with Crippen LogP contribution in [0.2, 0.25) is 0 Å². The van der Waals surface area contributed by atoms with Gasteiger partial charge in [0.05, 0.1) is 23.4 Å². The van der Waals surface area contributed by atoms with Gasteiger partial charge in [-0.05, 0) is 36.2 Å². The topological polar surface area (TPSA) is 77.2 Å². The van der Waals surface area contributed by atoms with E-state index in [2.05, 4.69) is 22.6 Å². The number of anilines is 1. The second-order valence-corrected chi connectivity index (χ2v) is 7.41. The predicted molar refractivity (Wildman–Crippen MR) is 114 cm³/mol. The van der Waals surface area contributed by atoms with Gasteiger partial charge in [-0.2, -0.15) is 0 Å². The van der Waals surface area contributed by atoms with Gasteiger partial charge in [0.15, 0.2) is 5.82 Å². The van der Waals surface area contributed by atoms with Crippen molar-refractivity contribution in [2.24, 2.45) is 0 Å². The molecule has 6 nitrogen and oxygen atoms in total. The lowest BCUT2D eigenvalue weighted by molar-refractivity contribution is -0.113. The number of aryl methyl sites for hydroxylation is 1. The predicted octanol–water partition coefficient (Wildman–Crippen LogP) is 4.94. The number of methoxy groups -OCH3 is 1. The second kappa shape index (κ2) is 8.36. The van der Waals surface area contributed by atoms with Crippen LogP contribution in [0.1, 0.15) is 5.76 Å². The van der Waals surface area contributed by atoms with Crippen molar-refractivity contribution in [1.82, 2.24) is 10.1 Å². The van der Waals surface area contributed by atoms with Crippen LogP contribution in [0, 0.1) is 6.92 Å². The Labute approximate surface area is 172 Å². The van der Waals surface area contributed by atoms with Gasteiger partial charge in [0.25, 0.3) is 0 Å². The van der Waals surface area contributed by atoms with Crippen LogP contribution in [0.5, 0.6) is 5.75 Å². The molecule has 0 unspecified atom stereocenters. The van der Waals surface area contributed by atoms with Gasteiger partial charge in [0.2, 0.25) is 5.91 Å². The molecule has 0 bridgehead atoms. The Morgan fingerprint density at radius 1 is 1.14 bits per heavy atom. The summed E-state index contributed by atoms with van der Waals surface area (Å²) in [5, 5.41) is 8.29. The molecule has 1 N–H and O–H groups in total. The number of nitrogens with zero attached hydrogens (tertiary/aromatic N) is 2. The van der Waals surface area contributed by atoms with Gasteiger partial charge in [-0.15, -0.1) is 0 Å². The summed E-state index contributed by atoms with van der Waals surface area (Å²) in [5.41, 5.74) is 2.98. The average Bonchev–Trinajstić information content (AvgIpc) is 3.16. The molecule has 0 spiro atoms. The molecule has 2 heterocycles. The van der Waals surface area contributed by atoms with Crippen LogP contribution in [0.15, 0.2) is 70.2 Å². The van der Waals surface area contributed by atoms with E-state index in [4.69, 9.17) is 14.2 Å². The van der Waals surface area contributed by atoms with E-state index in [1.165, 1.54) is 11.8 Å². The van der Waals surface area contributed by atoms with Crippen molar-refractivity contribution in [3.8, 4) is 16.9 Å². The first kappa shape index (κ1) is 19.0. The number of fused-ring (bicyclic) bond motifs is 1. The molecule has 4 rings (SSSR count). The van der Waals surface area contributed by atoms with E-state index < -0.39 is 0 Å². The van der Waals surface area contributed by atoms with Gasteiger partial charge in [-0.3, -0.25) is 4.79 Å². The Kier molecular flexibility index (Phi) is 5.48. The van der Waals surface area contributed by atoms with Crippen molar-refractivity contribution in [3.05, 3.63) is 66.4 Å². The summed E-state index contributed by atoms with van der Waals surface area (Å²) in [6.07, 6.45) is 0. The Morgan fingerprint density at radius 3 is 2.69 bits per heavy atom. The van der Waals surface area contributed by atoms with Gasteiger partial charge >= 0.3 is 0 Å². The number of benzene rings is 2. The van der Waals surface area contributed by atoms with Gasteiger partial charge in [-0.1, -0.05) is 47.3 Å². The maximum absolute atomic E-state index is 12.3. The largest absolute Gasteiger partial charge is 0.497 e. The lowest BCUT2D eigenvalue weighted by Gasteiger charge is -2.11. The van der Waals surface area contributed by atoms with Crippen LogP contribution in [0.3, 0.4) is 0 Å². The van der Waals surface area contributed by atoms with E-state index in [-0.39, 0.29) is 11.7 Å². The van der Waals surface area contributed by atoms with E-state index >= 15 is 0 Å². The lowest BCUT2D eigenvalue weighted by Crippen LogP contribution is -2.14. The third-order valence-electron chi connectivity index (χ3n) is 4.32. The van der Waals surface area contributed by atoms with Crippen molar-refractivity contribution >= 4 is 34.4 Å². The highest BCUT2D eigenvalue weighted by Crippen LogP contribution is 2.33. The van der Waals surface area contributed by atoms with Gasteiger partial charge in [-0.25, -0.2) is 4.98 Å². The van der Waals surface area contributed by atoms with E-state index in [1.54, 1.807) is 20.1 Å². The highest BCUT2D eigenvalue weighted by Gasteiger charge is 2.12. The molecule has 4 aromatic rings. The molecule has 0 atom stereocenters. The quantitative estimate of drug-likeness (QED) is 0.458. The maximum Gasteiger partial charge on any atom is 0.236 e. The van der Waals surface area contributed by atoms with Crippen molar-refractivity contribution in [1.29, 1.82) is 0 Å². The summed E-state index contributed by atoms with van der Waals surface area (Å²) in [6.45, 7) is 1.77. The number of pyridine rings is 1. The van der Waals surface area contributed by atoms with Gasteiger partial charge < -0.3 is 14.6 Å². The molecule has 0 aliphatic heterocycles. The average molecular weight is 405 g/mol. The summed E-state index contributed by atoms with van der Waals surface area (Å²) in [6, 6.07) is 19.7. The molecule has 0 radical (unpaired) electrons. The third-order valence-corrected chi connectivity index (χ3v) is 5.24. The third kappa shape index (κ3) is 4.41. The van der Waals surface area contributed by atoms with E-state index in [1.807, 2.05) is 42.5 Å². The number of nitrogens with one attached hydrogen (secondary N) is 1. The smallest absolute Gasteiger partial charge is 0.236 e. The Morgan fingerprint density at radius 2 is 1.97 bits per heavy atom. The molecule has 0 saturated heterocycles. The van der Waals surface area contributed by atoms with E-state index in [9.17, 15) is 4.79 Å². The molecule has 1 amide bonds. The highest BCUT2D eigenvalue weighted by molar-refractivity contribution is 7.99. The molecule has 0 fully saturated rings. The molecule has 2 aromatic heterocycles. The zero-order chi connectivity index (χ0) is 20.2. The summed E-state index contributed by atoms with van der Waals surface area (Å²) >= 11 is 1.37. The second-order valence-electron chi connectivity index (χ2n) is 6.42. The zero-order valence-corrected chi connectivity index (χ0v) is 16.8. The monoisotopic (exact) mass is 405 g/mol. The summed E-state index contributed by atoms with van der Waals surface area (Å²) in [7, 11) is 1.63. The Hall–Kier alpha value is -3.32. The fourth-order valence-corrected chi connectivity index (χ4v) is 3.70. The minimum atomic E-state index is -0.169. The summed E-state index contributed by atoms with van der Waals surface area (Å²) < 4.78 is 10.3. The molecule has 0 aliphatic carbocycles. The van der Waals surface area contributed by atoms with Crippen LogP contribution in [-0.2, 0) is 4.79 Å². The number of amides is 1. The fourth-order valence-electron chi connectivity index (χ4n) is 2.99.